The molecule has 0 spiro atoms. The van der Waals surface area contributed by atoms with Crippen LogP contribution in [0.1, 0.15) is 35.6 Å². The SMILES string of the molecule is COCCCN(C(=O)c1ccccc1)C(C)c1nc2ccccc2c(=O)n1-c1ccc(OC)cc1. The molecule has 1 unspecified atom stereocenters. The van der Waals surface area contributed by atoms with Crippen LogP contribution < -0.4 is 10.3 Å². The maximum absolute atomic E-state index is 13.7. The molecule has 180 valence electrons. The van der Waals surface area contributed by atoms with Gasteiger partial charge in [0.2, 0.25) is 0 Å². The van der Waals surface area contributed by atoms with E-state index in [0.29, 0.717) is 53.3 Å². The predicted molar refractivity (Wildman–Crippen MR) is 136 cm³/mol. The number of rotatable bonds is 9. The number of carbonyl (C=O) groups excluding carboxylic acids is 1. The first-order valence-electron chi connectivity index (χ1n) is 11.6. The molecule has 7 heteroatoms. The smallest absolute Gasteiger partial charge is 0.266 e. The molecule has 0 fully saturated rings. The van der Waals surface area contributed by atoms with Gasteiger partial charge in [0.15, 0.2) is 0 Å². The van der Waals surface area contributed by atoms with Crippen LogP contribution in [-0.4, -0.2) is 47.7 Å². The van der Waals surface area contributed by atoms with Crippen molar-refractivity contribution < 1.29 is 14.3 Å². The Kier molecular flexibility index (Phi) is 7.57. The first kappa shape index (κ1) is 24.2. The molecule has 4 aromatic rings. The summed E-state index contributed by atoms with van der Waals surface area (Å²) in [5, 5.41) is 0.514. The van der Waals surface area contributed by atoms with E-state index < -0.39 is 6.04 Å². The van der Waals surface area contributed by atoms with Crippen molar-refractivity contribution in [2.24, 2.45) is 0 Å². The van der Waals surface area contributed by atoms with E-state index in [2.05, 4.69) is 0 Å². The molecule has 3 aromatic carbocycles. The number of nitrogens with zero attached hydrogens (tertiary/aromatic N) is 3. The average molecular weight is 472 g/mol. The molecule has 0 saturated carbocycles. The largest absolute Gasteiger partial charge is 0.497 e. The quantitative estimate of drug-likeness (QED) is 0.333. The second-order valence-electron chi connectivity index (χ2n) is 8.21. The Hall–Kier alpha value is -3.97. The molecule has 7 nitrogen and oxygen atoms in total. The molecular formula is C28H29N3O4. The van der Waals surface area contributed by atoms with Crippen molar-refractivity contribution in [2.75, 3.05) is 27.4 Å². The molecule has 0 aliphatic rings. The van der Waals surface area contributed by atoms with E-state index in [1.807, 2.05) is 55.5 Å². The molecule has 1 amide bonds. The van der Waals surface area contributed by atoms with E-state index in [0.717, 1.165) is 0 Å². The lowest BCUT2D eigenvalue weighted by Crippen LogP contribution is -2.38. The van der Waals surface area contributed by atoms with E-state index in [4.69, 9.17) is 14.5 Å². The number of hydrogen-bond donors (Lipinski definition) is 0. The van der Waals surface area contributed by atoms with Gasteiger partial charge in [-0.3, -0.25) is 14.2 Å². The third-order valence-corrected chi connectivity index (χ3v) is 6.00. The lowest BCUT2D eigenvalue weighted by molar-refractivity contribution is 0.0657. The number of para-hydroxylation sites is 1. The zero-order valence-electron chi connectivity index (χ0n) is 20.2. The van der Waals surface area contributed by atoms with Crippen LogP contribution in [0.2, 0.25) is 0 Å². The highest BCUT2D eigenvalue weighted by Crippen LogP contribution is 2.25. The van der Waals surface area contributed by atoms with Gasteiger partial charge < -0.3 is 14.4 Å². The molecule has 1 heterocycles. The van der Waals surface area contributed by atoms with Crippen LogP contribution in [0.4, 0.5) is 0 Å². The number of methoxy groups -OCH3 is 2. The summed E-state index contributed by atoms with van der Waals surface area (Å²) < 4.78 is 12.1. The van der Waals surface area contributed by atoms with E-state index in [-0.39, 0.29) is 11.5 Å². The molecule has 4 rings (SSSR count). The van der Waals surface area contributed by atoms with Crippen LogP contribution in [0, 0.1) is 0 Å². The predicted octanol–water partition coefficient (Wildman–Crippen LogP) is 4.63. The third-order valence-electron chi connectivity index (χ3n) is 6.00. The zero-order chi connectivity index (χ0) is 24.8. The van der Waals surface area contributed by atoms with Crippen LogP contribution in [-0.2, 0) is 4.74 Å². The van der Waals surface area contributed by atoms with Crippen LogP contribution in [0.5, 0.6) is 5.75 Å². The number of amides is 1. The van der Waals surface area contributed by atoms with Gasteiger partial charge in [-0.15, -0.1) is 0 Å². The summed E-state index contributed by atoms with van der Waals surface area (Å²) in [7, 11) is 3.23. The highest BCUT2D eigenvalue weighted by atomic mass is 16.5. The molecule has 0 radical (unpaired) electrons. The van der Waals surface area contributed by atoms with Gasteiger partial charge in [0.25, 0.3) is 11.5 Å². The summed E-state index contributed by atoms with van der Waals surface area (Å²) in [5.74, 6) is 1.05. The van der Waals surface area contributed by atoms with E-state index >= 15 is 0 Å². The van der Waals surface area contributed by atoms with Gasteiger partial charge in [0, 0.05) is 25.8 Å². The first-order valence-corrected chi connectivity index (χ1v) is 11.6. The second kappa shape index (κ2) is 11.0. The minimum Gasteiger partial charge on any atom is -0.497 e. The maximum Gasteiger partial charge on any atom is 0.266 e. The summed E-state index contributed by atoms with van der Waals surface area (Å²) >= 11 is 0. The second-order valence-corrected chi connectivity index (χ2v) is 8.21. The topological polar surface area (TPSA) is 73.7 Å². The zero-order valence-corrected chi connectivity index (χ0v) is 20.2. The van der Waals surface area contributed by atoms with Crippen LogP contribution in [0.3, 0.4) is 0 Å². The Morgan fingerprint density at radius 3 is 2.34 bits per heavy atom. The van der Waals surface area contributed by atoms with Gasteiger partial charge in [-0.2, -0.15) is 0 Å². The highest BCUT2D eigenvalue weighted by Gasteiger charge is 2.27. The minimum atomic E-state index is -0.487. The molecule has 1 atom stereocenters. The van der Waals surface area contributed by atoms with Crippen molar-refractivity contribution in [2.45, 2.75) is 19.4 Å². The van der Waals surface area contributed by atoms with Crippen molar-refractivity contribution in [3.8, 4) is 11.4 Å². The van der Waals surface area contributed by atoms with Gasteiger partial charge in [0.1, 0.15) is 11.6 Å². The van der Waals surface area contributed by atoms with Crippen LogP contribution in [0.15, 0.2) is 83.7 Å². The molecule has 0 saturated heterocycles. The van der Waals surface area contributed by atoms with Gasteiger partial charge in [-0.1, -0.05) is 30.3 Å². The van der Waals surface area contributed by atoms with Gasteiger partial charge in [0.05, 0.1) is 29.7 Å². The molecule has 1 aromatic heterocycles. The summed E-state index contributed by atoms with van der Waals surface area (Å²) in [4.78, 5) is 33.9. The van der Waals surface area contributed by atoms with Crippen molar-refractivity contribution in [1.29, 1.82) is 0 Å². The van der Waals surface area contributed by atoms with Crippen molar-refractivity contribution >= 4 is 16.8 Å². The minimum absolute atomic E-state index is 0.127. The van der Waals surface area contributed by atoms with Crippen molar-refractivity contribution in [3.05, 3.63) is 101 Å². The fourth-order valence-corrected chi connectivity index (χ4v) is 4.15. The van der Waals surface area contributed by atoms with Gasteiger partial charge >= 0.3 is 0 Å². The number of benzene rings is 3. The van der Waals surface area contributed by atoms with Crippen LogP contribution >= 0.6 is 0 Å². The van der Waals surface area contributed by atoms with E-state index in [9.17, 15) is 9.59 Å². The summed E-state index contributed by atoms with van der Waals surface area (Å²) in [5.41, 5.74) is 1.63. The third kappa shape index (κ3) is 5.10. The lowest BCUT2D eigenvalue weighted by atomic mass is 10.1. The highest BCUT2D eigenvalue weighted by molar-refractivity contribution is 5.94. The molecule has 0 aliphatic heterocycles. The summed E-state index contributed by atoms with van der Waals surface area (Å²) in [6.45, 7) is 2.87. The van der Waals surface area contributed by atoms with E-state index in [1.54, 1.807) is 54.0 Å². The standard InChI is InChI=1S/C28H29N3O4/c1-20(30(18-9-19-34-2)27(32)21-10-5-4-6-11-21)26-29-25-13-8-7-12-24(25)28(33)31(26)22-14-16-23(35-3)17-15-22/h4-8,10-17,20H,9,18-19H2,1-3H3. The fraction of sp³-hybridized carbons (Fsp3) is 0.250. The molecule has 0 bridgehead atoms. The summed E-state index contributed by atoms with van der Waals surface area (Å²) in [6, 6.07) is 23.2. The first-order chi connectivity index (χ1) is 17.0. The fourth-order valence-electron chi connectivity index (χ4n) is 4.15. The lowest BCUT2D eigenvalue weighted by Gasteiger charge is -2.30. The monoisotopic (exact) mass is 471 g/mol. The summed E-state index contributed by atoms with van der Waals surface area (Å²) in [6.07, 6.45) is 0.653. The van der Waals surface area contributed by atoms with Crippen molar-refractivity contribution in [3.63, 3.8) is 0 Å². The van der Waals surface area contributed by atoms with E-state index in [1.165, 1.54) is 0 Å². The van der Waals surface area contributed by atoms with Gasteiger partial charge in [-0.05, 0) is 61.9 Å². The van der Waals surface area contributed by atoms with Gasteiger partial charge in [-0.25, -0.2) is 4.98 Å². The number of aromatic nitrogens is 2. The Labute approximate surface area is 204 Å². The maximum atomic E-state index is 13.7. The molecular weight excluding hydrogens is 442 g/mol. The average Bonchev–Trinajstić information content (AvgIpc) is 2.91. The Balaban J connectivity index is 1.87. The number of hydrogen-bond acceptors (Lipinski definition) is 5. The Morgan fingerprint density at radius 2 is 1.66 bits per heavy atom. The van der Waals surface area contributed by atoms with Crippen LogP contribution in [0.25, 0.3) is 16.6 Å². The molecule has 35 heavy (non-hydrogen) atoms. The molecule has 0 N–H and O–H groups in total. The number of ether oxygens (including phenoxy) is 2. The number of fused-ring (bicyclic) bond motifs is 1. The Morgan fingerprint density at radius 1 is 0.971 bits per heavy atom. The normalized spacial score (nSPS) is 11.9. The molecule has 0 aliphatic carbocycles. The Bertz CT molecular complexity index is 1350. The number of carbonyl (C=O) groups is 1. The van der Waals surface area contributed by atoms with Crippen molar-refractivity contribution in [1.82, 2.24) is 14.5 Å².